The maximum atomic E-state index is 3.79. The number of halogens is 3. The second-order valence-electron chi connectivity index (χ2n) is 4.37. The first-order valence-electron chi connectivity index (χ1n) is 5.62. The Morgan fingerprint density at radius 1 is 1.11 bits per heavy atom. The van der Waals surface area contributed by atoms with Gasteiger partial charge >= 0.3 is 0 Å². The van der Waals surface area contributed by atoms with Crippen LogP contribution in [0.2, 0.25) is 0 Å². The minimum absolute atomic E-state index is 0.344. The molecule has 1 aromatic heterocycles. The lowest BCUT2D eigenvalue weighted by Crippen LogP contribution is -1.95. The highest BCUT2D eigenvalue weighted by Gasteiger charge is 2.15. The van der Waals surface area contributed by atoms with Crippen LogP contribution in [-0.4, -0.2) is 0 Å². The molecule has 0 aliphatic carbocycles. The van der Waals surface area contributed by atoms with E-state index in [0.29, 0.717) is 4.83 Å². The van der Waals surface area contributed by atoms with E-state index in [2.05, 4.69) is 85.9 Å². The first-order chi connectivity index (χ1) is 8.47. The average Bonchev–Trinajstić information content (AvgIpc) is 2.63. The average molecular weight is 453 g/mol. The van der Waals surface area contributed by atoms with Gasteiger partial charge in [0.1, 0.15) is 0 Å². The van der Waals surface area contributed by atoms with Gasteiger partial charge in [0.15, 0.2) is 0 Å². The number of rotatable bonds is 3. The molecule has 0 spiro atoms. The van der Waals surface area contributed by atoms with E-state index < -0.39 is 0 Å². The largest absolute Gasteiger partial charge is 0.121 e. The molecule has 1 aromatic carbocycles. The van der Waals surface area contributed by atoms with Crippen LogP contribution in [0.1, 0.15) is 27.1 Å². The van der Waals surface area contributed by atoms with Crippen LogP contribution in [0.3, 0.4) is 0 Å². The number of hydrogen-bond donors (Lipinski definition) is 0. The van der Waals surface area contributed by atoms with Gasteiger partial charge in [-0.3, -0.25) is 0 Å². The summed E-state index contributed by atoms with van der Waals surface area (Å²) in [6.07, 6.45) is 1.00. The molecule has 2 aromatic rings. The fraction of sp³-hybridized carbons (Fsp3) is 0.286. The monoisotopic (exact) mass is 450 g/mol. The van der Waals surface area contributed by atoms with Crippen molar-refractivity contribution in [3.05, 3.63) is 54.1 Å². The van der Waals surface area contributed by atoms with Crippen molar-refractivity contribution in [2.45, 2.75) is 25.1 Å². The lowest BCUT2D eigenvalue weighted by Gasteiger charge is -2.10. The lowest BCUT2D eigenvalue weighted by atomic mass is 10.0. The molecule has 0 aliphatic heterocycles. The van der Waals surface area contributed by atoms with Crippen molar-refractivity contribution in [2.24, 2.45) is 0 Å². The van der Waals surface area contributed by atoms with Gasteiger partial charge in [-0.2, -0.15) is 0 Å². The van der Waals surface area contributed by atoms with Gasteiger partial charge in [-0.1, -0.05) is 34.1 Å². The molecule has 0 radical (unpaired) electrons. The Morgan fingerprint density at radius 3 is 2.39 bits per heavy atom. The Morgan fingerprint density at radius 2 is 1.83 bits per heavy atom. The summed E-state index contributed by atoms with van der Waals surface area (Å²) in [5.74, 6) is 0. The molecule has 0 saturated carbocycles. The summed E-state index contributed by atoms with van der Waals surface area (Å²) in [6.45, 7) is 4.32. The van der Waals surface area contributed by atoms with E-state index in [-0.39, 0.29) is 0 Å². The standard InChI is InChI=1S/C14H13Br3S/c1-8-3-4-10(5-9(8)2)6-12(15)11-7-13(16)18-14(11)17/h3-5,7,12H,6H2,1-2H3. The SMILES string of the molecule is Cc1ccc(CC(Br)c2cc(Br)sc2Br)cc1C. The minimum Gasteiger partial charge on any atom is -0.121 e. The van der Waals surface area contributed by atoms with E-state index in [9.17, 15) is 0 Å². The minimum atomic E-state index is 0.344. The third-order valence-electron chi connectivity index (χ3n) is 3.01. The number of benzene rings is 1. The molecule has 0 amide bonds. The molecule has 0 nitrogen and oxygen atoms in total. The van der Waals surface area contributed by atoms with Crippen molar-refractivity contribution in [2.75, 3.05) is 0 Å². The highest BCUT2D eigenvalue weighted by atomic mass is 79.9. The van der Waals surface area contributed by atoms with Crippen molar-refractivity contribution in [3.63, 3.8) is 0 Å². The van der Waals surface area contributed by atoms with Gasteiger partial charge in [0.2, 0.25) is 0 Å². The van der Waals surface area contributed by atoms with E-state index in [0.717, 1.165) is 10.2 Å². The summed E-state index contributed by atoms with van der Waals surface area (Å²) in [7, 11) is 0. The zero-order chi connectivity index (χ0) is 13.3. The first kappa shape index (κ1) is 14.8. The Labute approximate surface area is 137 Å². The summed E-state index contributed by atoms with van der Waals surface area (Å²) >= 11 is 12.6. The summed E-state index contributed by atoms with van der Waals surface area (Å²) in [6, 6.07) is 8.86. The van der Waals surface area contributed by atoms with Crippen LogP contribution >= 0.6 is 59.1 Å². The molecule has 2 rings (SSSR count). The molecule has 0 bridgehead atoms. The van der Waals surface area contributed by atoms with Crippen LogP contribution in [0, 0.1) is 13.8 Å². The lowest BCUT2D eigenvalue weighted by molar-refractivity contribution is 0.946. The molecule has 0 saturated heterocycles. The number of thiophene rings is 1. The van der Waals surface area contributed by atoms with Gasteiger partial charge in [0.25, 0.3) is 0 Å². The Hall–Kier alpha value is 0.360. The summed E-state index contributed by atoms with van der Waals surface area (Å²) < 4.78 is 2.36. The molecule has 18 heavy (non-hydrogen) atoms. The maximum Gasteiger partial charge on any atom is 0.0753 e. The summed E-state index contributed by atoms with van der Waals surface area (Å²) in [5.41, 5.74) is 5.39. The van der Waals surface area contributed by atoms with Gasteiger partial charge in [0.05, 0.1) is 7.57 Å². The molecule has 1 atom stereocenters. The molecule has 1 heterocycles. The number of alkyl halides is 1. The molecule has 0 N–H and O–H groups in total. The maximum absolute atomic E-state index is 3.79. The van der Waals surface area contributed by atoms with E-state index in [4.69, 9.17) is 0 Å². The van der Waals surface area contributed by atoms with E-state index >= 15 is 0 Å². The van der Waals surface area contributed by atoms with Crippen LogP contribution in [0.5, 0.6) is 0 Å². The highest BCUT2D eigenvalue weighted by molar-refractivity contribution is 9.12. The van der Waals surface area contributed by atoms with Crippen molar-refractivity contribution < 1.29 is 0 Å². The fourth-order valence-corrected chi connectivity index (χ4v) is 5.98. The number of hydrogen-bond acceptors (Lipinski definition) is 1. The second-order valence-corrected chi connectivity index (χ2v) is 9.22. The quantitative estimate of drug-likeness (QED) is 0.462. The van der Waals surface area contributed by atoms with Crippen molar-refractivity contribution in [3.8, 4) is 0 Å². The molecular weight excluding hydrogens is 440 g/mol. The van der Waals surface area contributed by atoms with Gasteiger partial charge < -0.3 is 0 Å². The van der Waals surface area contributed by atoms with Gasteiger partial charge in [-0.05, 0) is 80.4 Å². The third kappa shape index (κ3) is 3.47. The van der Waals surface area contributed by atoms with Crippen molar-refractivity contribution >= 4 is 59.1 Å². The second kappa shape index (κ2) is 6.21. The molecule has 0 fully saturated rings. The first-order valence-corrected chi connectivity index (χ1v) is 8.94. The Balaban J connectivity index is 2.18. The van der Waals surface area contributed by atoms with Crippen LogP contribution in [0.25, 0.3) is 0 Å². The highest BCUT2D eigenvalue weighted by Crippen LogP contribution is 2.40. The topological polar surface area (TPSA) is 0 Å². The smallest absolute Gasteiger partial charge is 0.0753 e. The van der Waals surface area contributed by atoms with Crippen LogP contribution < -0.4 is 0 Å². The molecule has 96 valence electrons. The van der Waals surface area contributed by atoms with Crippen LogP contribution in [-0.2, 0) is 6.42 Å². The van der Waals surface area contributed by atoms with E-state index in [1.165, 1.54) is 26.0 Å². The predicted octanol–water partition coefficient (Wildman–Crippen LogP) is 6.57. The van der Waals surface area contributed by atoms with Crippen LogP contribution in [0.4, 0.5) is 0 Å². The zero-order valence-corrected chi connectivity index (χ0v) is 15.7. The molecule has 4 heteroatoms. The molecule has 1 unspecified atom stereocenters. The molecular formula is C14H13Br3S. The predicted molar refractivity (Wildman–Crippen MR) is 91.0 cm³/mol. The van der Waals surface area contributed by atoms with E-state index in [1.54, 1.807) is 11.3 Å². The normalized spacial score (nSPS) is 12.7. The van der Waals surface area contributed by atoms with Crippen molar-refractivity contribution in [1.29, 1.82) is 0 Å². The van der Waals surface area contributed by atoms with Crippen molar-refractivity contribution in [1.82, 2.24) is 0 Å². The van der Waals surface area contributed by atoms with Gasteiger partial charge in [-0.15, -0.1) is 11.3 Å². The Kier molecular flexibility index (Phi) is 5.09. The van der Waals surface area contributed by atoms with Gasteiger partial charge in [0, 0.05) is 4.83 Å². The summed E-state index contributed by atoms with van der Waals surface area (Å²) in [5, 5.41) is 0. The summed E-state index contributed by atoms with van der Waals surface area (Å²) in [4.78, 5) is 0.344. The molecule has 0 aliphatic rings. The fourth-order valence-electron chi connectivity index (χ4n) is 1.81. The zero-order valence-electron chi connectivity index (χ0n) is 10.1. The Bertz CT molecular complexity index is 560. The van der Waals surface area contributed by atoms with Gasteiger partial charge in [-0.25, -0.2) is 0 Å². The van der Waals surface area contributed by atoms with Crippen LogP contribution in [0.15, 0.2) is 31.8 Å². The van der Waals surface area contributed by atoms with E-state index in [1.807, 2.05) is 0 Å². The number of aryl methyl sites for hydroxylation is 2. The third-order valence-corrected chi connectivity index (χ3v) is 6.21.